The lowest BCUT2D eigenvalue weighted by Crippen LogP contribution is -2.41. The van der Waals surface area contributed by atoms with Crippen molar-refractivity contribution >= 4 is 19.3 Å². The lowest BCUT2D eigenvalue weighted by molar-refractivity contribution is 0.00578. The Balaban J connectivity index is 1.76. The van der Waals surface area contributed by atoms with Gasteiger partial charge in [-0.15, -0.1) is 0 Å². The molecular formula is C24H27BN2O4. The van der Waals surface area contributed by atoms with Gasteiger partial charge in [-0.3, -0.25) is 0 Å². The van der Waals surface area contributed by atoms with Crippen molar-refractivity contribution in [2.75, 3.05) is 6.54 Å². The van der Waals surface area contributed by atoms with Gasteiger partial charge < -0.3 is 19.4 Å². The van der Waals surface area contributed by atoms with Gasteiger partial charge in [0.2, 0.25) is 0 Å². The Morgan fingerprint density at radius 2 is 1.68 bits per heavy atom. The molecule has 1 saturated heterocycles. The van der Waals surface area contributed by atoms with Gasteiger partial charge in [0.15, 0.2) is 0 Å². The van der Waals surface area contributed by atoms with Crippen molar-refractivity contribution in [3.05, 3.63) is 76.8 Å². The highest BCUT2D eigenvalue weighted by Crippen LogP contribution is 2.38. The monoisotopic (exact) mass is 418 g/mol. The molecule has 0 aromatic heterocycles. The summed E-state index contributed by atoms with van der Waals surface area (Å²) in [6.45, 7) is 8.21. The molecule has 1 N–H and O–H groups in total. The minimum atomic E-state index is -0.661. The van der Waals surface area contributed by atoms with E-state index in [0.717, 1.165) is 11.1 Å². The van der Waals surface area contributed by atoms with Crippen LogP contribution >= 0.6 is 0 Å². The summed E-state index contributed by atoms with van der Waals surface area (Å²) in [7, 11) is -0.661. The number of carbonyl (C=O) groups excluding carboxylic acids is 1. The van der Waals surface area contributed by atoms with Gasteiger partial charge in [0, 0.05) is 6.54 Å². The predicted molar refractivity (Wildman–Crippen MR) is 120 cm³/mol. The molecular weight excluding hydrogens is 391 g/mol. The molecule has 1 aliphatic rings. The smallest absolute Gasteiger partial charge is 0.445 e. The van der Waals surface area contributed by atoms with Crippen LogP contribution < -0.4 is 5.32 Å². The summed E-state index contributed by atoms with van der Waals surface area (Å²) in [5, 5.41) is 12.2. The molecule has 1 heterocycles. The minimum absolute atomic E-state index is 0.157. The molecule has 0 radical (unpaired) electrons. The van der Waals surface area contributed by atoms with Crippen molar-refractivity contribution in [1.82, 2.24) is 5.32 Å². The van der Waals surface area contributed by atoms with Crippen LogP contribution in [0.5, 0.6) is 0 Å². The van der Waals surface area contributed by atoms with E-state index >= 15 is 0 Å². The zero-order valence-corrected chi connectivity index (χ0v) is 18.3. The standard InChI is InChI=1S/C24H27BN2O4/c1-23(2)24(3,4)31-25(30-23)21(14-19-12-8-9-13-20(19)15-26)16-27-22(28)29-17-18-10-6-5-7-11-18/h5-14H,16-17H2,1-4H3,(H,27,28). The fourth-order valence-corrected chi connectivity index (χ4v) is 3.07. The van der Waals surface area contributed by atoms with Crippen LogP contribution in [0.25, 0.3) is 6.08 Å². The van der Waals surface area contributed by atoms with Crippen LogP contribution in [0.2, 0.25) is 0 Å². The van der Waals surface area contributed by atoms with Gasteiger partial charge in [-0.1, -0.05) is 54.6 Å². The van der Waals surface area contributed by atoms with E-state index in [1.54, 1.807) is 6.07 Å². The fraction of sp³-hybridized carbons (Fsp3) is 0.333. The highest BCUT2D eigenvalue weighted by Gasteiger charge is 2.52. The number of hydrogen-bond acceptors (Lipinski definition) is 5. The van der Waals surface area contributed by atoms with Crippen molar-refractivity contribution in [2.24, 2.45) is 0 Å². The number of rotatable bonds is 6. The molecule has 0 aliphatic carbocycles. The number of benzene rings is 2. The number of hydrogen-bond donors (Lipinski definition) is 1. The summed E-state index contributed by atoms with van der Waals surface area (Å²) in [5.74, 6) is 0. The van der Waals surface area contributed by atoms with E-state index in [1.165, 1.54) is 0 Å². The van der Waals surface area contributed by atoms with Crippen LogP contribution in [0, 0.1) is 11.3 Å². The molecule has 0 unspecified atom stereocenters. The molecule has 160 valence electrons. The maximum absolute atomic E-state index is 12.3. The van der Waals surface area contributed by atoms with Gasteiger partial charge >= 0.3 is 13.2 Å². The second kappa shape index (κ2) is 9.38. The van der Waals surface area contributed by atoms with E-state index in [4.69, 9.17) is 14.0 Å². The number of carbonyl (C=O) groups is 1. The molecule has 31 heavy (non-hydrogen) atoms. The van der Waals surface area contributed by atoms with Gasteiger partial charge in [-0.05, 0) is 50.4 Å². The van der Waals surface area contributed by atoms with Crippen molar-refractivity contribution in [1.29, 1.82) is 5.26 Å². The zero-order chi connectivity index (χ0) is 22.5. The molecule has 7 heteroatoms. The average Bonchev–Trinajstić information content (AvgIpc) is 2.97. The zero-order valence-electron chi connectivity index (χ0n) is 18.3. The highest BCUT2D eigenvalue weighted by atomic mass is 16.7. The second-order valence-corrected chi connectivity index (χ2v) is 8.42. The lowest BCUT2D eigenvalue weighted by atomic mass is 9.76. The number of nitriles is 1. The number of ether oxygens (including phenoxy) is 1. The average molecular weight is 418 g/mol. The van der Waals surface area contributed by atoms with Crippen molar-refractivity contribution in [2.45, 2.75) is 45.5 Å². The molecule has 1 fully saturated rings. The molecule has 0 saturated carbocycles. The Morgan fingerprint density at radius 1 is 1.06 bits per heavy atom. The van der Waals surface area contributed by atoms with Gasteiger partial charge in [0.25, 0.3) is 0 Å². The van der Waals surface area contributed by atoms with Crippen LogP contribution in [0.4, 0.5) is 4.79 Å². The highest BCUT2D eigenvalue weighted by molar-refractivity contribution is 6.56. The van der Waals surface area contributed by atoms with E-state index in [9.17, 15) is 10.1 Å². The summed E-state index contributed by atoms with van der Waals surface area (Å²) in [6, 6.07) is 18.9. The molecule has 0 atom stereocenters. The van der Waals surface area contributed by atoms with E-state index in [0.29, 0.717) is 11.0 Å². The summed E-state index contributed by atoms with van der Waals surface area (Å²) in [6.07, 6.45) is 1.29. The third kappa shape index (κ3) is 5.54. The molecule has 1 amide bonds. The first-order valence-electron chi connectivity index (χ1n) is 10.2. The maximum Gasteiger partial charge on any atom is 0.492 e. The summed E-state index contributed by atoms with van der Waals surface area (Å²) >= 11 is 0. The van der Waals surface area contributed by atoms with E-state index < -0.39 is 24.4 Å². The SMILES string of the molecule is CC1(C)OB(C(=Cc2ccccc2C#N)CNC(=O)OCc2ccccc2)OC1(C)C. The molecule has 0 spiro atoms. The fourth-order valence-electron chi connectivity index (χ4n) is 3.07. The largest absolute Gasteiger partial charge is 0.492 e. The molecule has 2 aromatic carbocycles. The van der Waals surface area contributed by atoms with E-state index in [2.05, 4.69) is 11.4 Å². The maximum atomic E-state index is 12.3. The first kappa shape index (κ1) is 22.6. The Kier molecular flexibility index (Phi) is 6.84. The quantitative estimate of drug-likeness (QED) is 0.699. The van der Waals surface area contributed by atoms with Crippen LogP contribution in [0.1, 0.15) is 44.4 Å². The van der Waals surface area contributed by atoms with E-state index in [-0.39, 0.29) is 13.2 Å². The van der Waals surface area contributed by atoms with Crippen LogP contribution in [0.3, 0.4) is 0 Å². The Morgan fingerprint density at radius 3 is 2.32 bits per heavy atom. The van der Waals surface area contributed by atoms with Crippen molar-refractivity contribution in [3.63, 3.8) is 0 Å². The Labute approximate surface area is 184 Å². The molecule has 0 bridgehead atoms. The summed E-state index contributed by atoms with van der Waals surface area (Å²) in [4.78, 5) is 12.3. The Hall–Kier alpha value is -3.08. The van der Waals surface area contributed by atoms with E-state index in [1.807, 2.05) is 82.3 Å². The van der Waals surface area contributed by atoms with Gasteiger partial charge in [-0.2, -0.15) is 5.26 Å². The first-order chi connectivity index (χ1) is 14.7. The van der Waals surface area contributed by atoms with Gasteiger partial charge in [0.1, 0.15) is 6.61 Å². The molecule has 1 aliphatic heterocycles. The number of nitrogens with zero attached hydrogens (tertiary/aromatic N) is 1. The second-order valence-electron chi connectivity index (χ2n) is 8.42. The van der Waals surface area contributed by atoms with Crippen LogP contribution in [-0.4, -0.2) is 31.0 Å². The van der Waals surface area contributed by atoms with Crippen LogP contribution in [-0.2, 0) is 20.7 Å². The number of alkyl carbamates (subject to hydrolysis) is 1. The third-order valence-electron chi connectivity index (χ3n) is 5.63. The first-order valence-corrected chi connectivity index (χ1v) is 10.2. The number of amides is 1. The molecule has 2 aromatic rings. The van der Waals surface area contributed by atoms with Gasteiger partial charge in [0.05, 0.1) is 22.8 Å². The minimum Gasteiger partial charge on any atom is -0.445 e. The van der Waals surface area contributed by atoms with Crippen LogP contribution in [0.15, 0.2) is 60.1 Å². The third-order valence-corrected chi connectivity index (χ3v) is 5.63. The normalized spacial score (nSPS) is 17.1. The van der Waals surface area contributed by atoms with Gasteiger partial charge in [-0.25, -0.2) is 4.79 Å². The Bertz CT molecular complexity index is 980. The topological polar surface area (TPSA) is 80.6 Å². The number of nitrogens with one attached hydrogen (secondary N) is 1. The van der Waals surface area contributed by atoms with Crippen molar-refractivity contribution in [3.8, 4) is 6.07 Å². The molecule has 6 nitrogen and oxygen atoms in total. The molecule has 3 rings (SSSR count). The predicted octanol–water partition coefficient (Wildman–Crippen LogP) is 4.50. The summed E-state index contributed by atoms with van der Waals surface area (Å²) < 4.78 is 17.6. The van der Waals surface area contributed by atoms with Crippen molar-refractivity contribution < 1.29 is 18.8 Å². The summed E-state index contributed by atoms with van der Waals surface area (Å²) in [5.41, 5.74) is 1.80. The lowest BCUT2D eigenvalue weighted by Gasteiger charge is -2.32.